The number of benzene rings is 2. The van der Waals surface area contributed by atoms with E-state index in [2.05, 4.69) is 20.9 Å². The lowest BCUT2D eigenvalue weighted by Gasteiger charge is -2.10. The maximum Gasteiger partial charge on any atom is 0.221 e. The molecule has 26 heavy (non-hydrogen) atoms. The molecule has 0 aliphatic heterocycles. The van der Waals surface area contributed by atoms with Crippen LogP contribution < -0.4 is 16.4 Å². The maximum absolute atomic E-state index is 11.4. The van der Waals surface area contributed by atoms with Crippen LogP contribution in [0.1, 0.15) is 19.4 Å². The number of nitrogen functional groups attached to an aromatic ring is 1. The first-order chi connectivity index (χ1) is 12.2. The molecule has 0 saturated carbocycles. The number of nitrogens with two attached hydrogens (primary N) is 1. The number of nitrogens with one attached hydrogen (secondary N) is 2. The number of halogens is 2. The minimum atomic E-state index is -0.291. The zero-order chi connectivity index (χ0) is 19.4. The molecule has 0 radical (unpaired) electrons. The van der Waals surface area contributed by atoms with Crippen molar-refractivity contribution in [3.8, 4) is 0 Å². The highest BCUT2D eigenvalue weighted by Crippen LogP contribution is 2.36. The number of carbonyl (C=O) groups is 2. The topological polar surface area (TPSA) is 109 Å². The molecule has 0 atom stereocenters. The van der Waals surface area contributed by atoms with Crippen molar-refractivity contribution in [1.82, 2.24) is 0 Å². The number of carbonyl (C=O) groups excluding carboxylic acids is 2. The fourth-order valence-electron chi connectivity index (χ4n) is 2.11. The molecule has 2 aromatic carbocycles. The first kappa shape index (κ1) is 19.7. The van der Waals surface area contributed by atoms with Crippen LogP contribution in [0.25, 0.3) is 0 Å². The van der Waals surface area contributed by atoms with E-state index >= 15 is 0 Å². The Morgan fingerprint density at radius 3 is 2.08 bits per heavy atom. The number of hydrogen-bond donors (Lipinski definition) is 3. The van der Waals surface area contributed by atoms with Crippen molar-refractivity contribution in [3.63, 3.8) is 0 Å². The van der Waals surface area contributed by atoms with Crippen molar-refractivity contribution in [3.05, 3.63) is 39.9 Å². The molecule has 0 saturated heterocycles. The van der Waals surface area contributed by atoms with E-state index in [0.717, 1.165) is 5.56 Å². The Kier molecular flexibility index (Phi) is 6.18. The van der Waals surface area contributed by atoms with Gasteiger partial charge in [-0.15, -0.1) is 5.11 Å². The van der Waals surface area contributed by atoms with E-state index in [0.29, 0.717) is 28.4 Å². The third-order valence-corrected chi connectivity index (χ3v) is 3.89. The number of amides is 2. The van der Waals surface area contributed by atoms with E-state index in [1.54, 1.807) is 12.1 Å². The quantitative estimate of drug-likeness (QED) is 0.489. The first-order valence-corrected chi connectivity index (χ1v) is 8.29. The van der Waals surface area contributed by atoms with Gasteiger partial charge in [-0.3, -0.25) is 9.59 Å². The van der Waals surface area contributed by atoms with E-state index in [-0.39, 0.29) is 21.9 Å². The van der Waals surface area contributed by atoms with Crippen LogP contribution in [0.4, 0.5) is 28.4 Å². The molecular weight excluding hydrogens is 377 g/mol. The average molecular weight is 394 g/mol. The van der Waals surface area contributed by atoms with Gasteiger partial charge in [0.1, 0.15) is 5.69 Å². The molecule has 7 nitrogen and oxygen atoms in total. The highest BCUT2D eigenvalue weighted by molar-refractivity contribution is 6.40. The zero-order valence-corrected chi connectivity index (χ0v) is 15.9. The molecule has 0 aliphatic rings. The Balaban J connectivity index is 2.39. The van der Waals surface area contributed by atoms with Gasteiger partial charge in [0.15, 0.2) is 0 Å². The van der Waals surface area contributed by atoms with Crippen molar-refractivity contribution in [2.75, 3.05) is 16.4 Å². The van der Waals surface area contributed by atoms with E-state index < -0.39 is 0 Å². The van der Waals surface area contributed by atoms with E-state index in [4.69, 9.17) is 28.9 Å². The molecule has 2 aromatic rings. The summed E-state index contributed by atoms with van der Waals surface area (Å²) < 4.78 is 0. The number of anilines is 3. The predicted molar refractivity (Wildman–Crippen MR) is 105 cm³/mol. The Morgan fingerprint density at radius 2 is 1.54 bits per heavy atom. The van der Waals surface area contributed by atoms with Crippen LogP contribution in [0.2, 0.25) is 10.0 Å². The van der Waals surface area contributed by atoms with Crippen LogP contribution in [0.3, 0.4) is 0 Å². The summed E-state index contributed by atoms with van der Waals surface area (Å²) in [5, 5.41) is 13.9. The maximum atomic E-state index is 11.4. The second kappa shape index (κ2) is 8.16. The minimum absolute atomic E-state index is 0.234. The standard InChI is InChI=1S/C17H17Cl2N5O2/c1-8-4-16(15(7-14(8)20)21-9(2)25)24-23-11-5-12(18)17(13(19)6-11)22-10(3)26/h4-7H,20H2,1-3H3,(H,21,25)(H,22,26)/b24-23+. The summed E-state index contributed by atoms with van der Waals surface area (Å²) in [6, 6.07) is 6.36. The van der Waals surface area contributed by atoms with Gasteiger partial charge in [0.25, 0.3) is 0 Å². The van der Waals surface area contributed by atoms with Crippen LogP contribution in [0.15, 0.2) is 34.5 Å². The lowest BCUT2D eigenvalue weighted by molar-refractivity contribution is -0.115. The minimum Gasteiger partial charge on any atom is -0.398 e. The Hall–Kier alpha value is -2.64. The van der Waals surface area contributed by atoms with Crippen LogP contribution in [-0.2, 0) is 9.59 Å². The van der Waals surface area contributed by atoms with Crippen molar-refractivity contribution in [2.24, 2.45) is 10.2 Å². The van der Waals surface area contributed by atoms with Crippen molar-refractivity contribution in [1.29, 1.82) is 0 Å². The molecule has 0 bridgehead atoms. The molecule has 4 N–H and O–H groups in total. The summed E-state index contributed by atoms with van der Waals surface area (Å²) in [6.45, 7) is 4.56. The van der Waals surface area contributed by atoms with Crippen LogP contribution in [0.5, 0.6) is 0 Å². The number of azo groups is 1. The molecule has 0 aromatic heterocycles. The second-order valence-electron chi connectivity index (χ2n) is 5.57. The van der Waals surface area contributed by atoms with Gasteiger partial charge in [-0.1, -0.05) is 23.2 Å². The summed E-state index contributed by atoms with van der Waals surface area (Å²) in [6.07, 6.45) is 0. The van der Waals surface area contributed by atoms with Crippen LogP contribution in [-0.4, -0.2) is 11.8 Å². The number of nitrogens with zero attached hydrogens (tertiary/aromatic N) is 2. The molecular formula is C17H17Cl2N5O2. The van der Waals surface area contributed by atoms with Gasteiger partial charge in [0.05, 0.1) is 27.1 Å². The van der Waals surface area contributed by atoms with Gasteiger partial charge in [-0.25, -0.2) is 0 Å². The van der Waals surface area contributed by atoms with Gasteiger partial charge >= 0.3 is 0 Å². The molecule has 0 unspecified atom stereocenters. The fraction of sp³-hybridized carbons (Fsp3) is 0.176. The van der Waals surface area contributed by atoms with Gasteiger partial charge < -0.3 is 16.4 Å². The van der Waals surface area contributed by atoms with E-state index in [1.807, 2.05) is 6.92 Å². The van der Waals surface area contributed by atoms with E-state index in [9.17, 15) is 9.59 Å². The number of hydrogen-bond acceptors (Lipinski definition) is 5. The summed E-state index contributed by atoms with van der Waals surface area (Å²) in [5.41, 5.74) is 8.77. The van der Waals surface area contributed by atoms with Gasteiger partial charge in [0, 0.05) is 19.5 Å². The summed E-state index contributed by atoms with van der Waals surface area (Å²) in [5.74, 6) is -0.545. The molecule has 0 aliphatic carbocycles. The number of rotatable bonds is 4. The normalized spacial score (nSPS) is 10.8. The van der Waals surface area contributed by atoms with E-state index in [1.165, 1.54) is 26.0 Å². The largest absolute Gasteiger partial charge is 0.398 e. The first-order valence-electron chi connectivity index (χ1n) is 7.53. The van der Waals surface area contributed by atoms with Gasteiger partial charge in [-0.05, 0) is 36.8 Å². The van der Waals surface area contributed by atoms with Crippen molar-refractivity contribution in [2.45, 2.75) is 20.8 Å². The molecule has 9 heteroatoms. The average Bonchev–Trinajstić information content (AvgIpc) is 2.52. The molecule has 2 rings (SSSR count). The Labute approximate surface area is 160 Å². The second-order valence-corrected chi connectivity index (χ2v) is 6.39. The highest BCUT2D eigenvalue weighted by Gasteiger charge is 2.11. The summed E-state index contributed by atoms with van der Waals surface area (Å²) in [7, 11) is 0. The molecule has 136 valence electrons. The third-order valence-electron chi connectivity index (χ3n) is 3.30. The summed E-state index contributed by atoms with van der Waals surface area (Å²) >= 11 is 12.3. The van der Waals surface area contributed by atoms with Gasteiger partial charge in [0.2, 0.25) is 11.8 Å². The SMILES string of the molecule is CC(=O)Nc1cc(N)c(C)cc1/N=N/c1cc(Cl)c(NC(C)=O)c(Cl)c1. The third kappa shape index (κ3) is 4.93. The van der Waals surface area contributed by atoms with Gasteiger partial charge in [-0.2, -0.15) is 5.11 Å². The Bertz CT molecular complexity index is 889. The zero-order valence-electron chi connectivity index (χ0n) is 14.4. The molecule has 0 heterocycles. The lowest BCUT2D eigenvalue weighted by atomic mass is 10.1. The van der Waals surface area contributed by atoms with Crippen molar-refractivity contribution < 1.29 is 9.59 Å². The monoisotopic (exact) mass is 393 g/mol. The predicted octanol–water partition coefficient (Wildman–Crippen LogP) is 5.22. The number of aryl methyl sites for hydroxylation is 1. The highest BCUT2D eigenvalue weighted by atomic mass is 35.5. The lowest BCUT2D eigenvalue weighted by Crippen LogP contribution is -2.06. The fourth-order valence-corrected chi connectivity index (χ4v) is 2.68. The van der Waals surface area contributed by atoms with Crippen molar-refractivity contribution >= 4 is 63.5 Å². The molecule has 0 fully saturated rings. The Morgan fingerprint density at radius 1 is 0.962 bits per heavy atom. The van der Waals surface area contributed by atoms with Crippen LogP contribution >= 0.6 is 23.2 Å². The molecule has 2 amide bonds. The molecule has 0 spiro atoms. The smallest absolute Gasteiger partial charge is 0.221 e. The summed E-state index contributed by atoms with van der Waals surface area (Å²) in [4.78, 5) is 22.5. The van der Waals surface area contributed by atoms with Crippen LogP contribution in [0, 0.1) is 6.92 Å².